The molecule has 0 bridgehead atoms. The minimum absolute atomic E-state index is 0.00153. The smallest absolute Gasteiger partial charge is 0.132 e. The van der Waals surface area contributed by atoms with E-state index >= 15 is 0 Å². The first-order chi connectivity index (χ1) is 16.0. The van der Waals surface area contributed by atoms with Crippen molar-refractivity contribution in [1.82, 2.24) is 30.0 Å². The molecule has 0 atom stereocenters. The van der Waals surface area contributed by atoms with Gasteiger partial charge in [-0.05, 0) is 50.9 Å². The second-order valence-corrected chi connectivity index (χ2v) is 11.2. The van der Waals surface area contributed by atoms with Gasteiger partial charge in [0.2, 0.25) is 0 Å². The fourth-order valence-corrected chi connectivity index (χ4v) is 5.93. The van der Waals surface area contributed by atoms with Gasteiger partial charge in [0.1, 0.15) is 29.2 Å². The lowest BCUT2D eigenvalue weighted by molar-refractivity contribution is -0.0463. The van der Waals surface area contributed by atoms with E-state index in [0.29, 0.717) is 5.41 Å². The number of ether oxygens (including phenoxy) is 1. The molecule has 5 heterocycles. The van der Waals surface area contributed by atoms with E-state index in [1.807, 2.05) is 12.1 Å². The Bertz CT molecular complexity index is 1200. The third-order valence-electron chi connectivity index (χ3n) is 7.90. The molecule has 1 saturated carbocycles. The second-order valence-electron chi connectivity index (χ2n) is 11.2. The molecule has 4 fully saturated rings. The molecule has 1 aliphatic carbocycles. The van der Waals surface area contributed by atoms with Gasteiger partial charge in [0.25, 0.3) is 0 Å². The Morgan fingerprint density at radius 2 is 1.91 bits per heavy atom. The van der Waals surface area contributed by atoms with E-state index in [9.17, 15) is 0 Å². The quantitative estimate of drug-likeness (QED) is 0.625. The Hall–Kier alpha value is -2.71. The van der Waals surface area contributed by atoms with Crippen molar-refractivity contribution in [3.8, 4) is 17.1 Å². The molecule has 3 aliphatic heterocycles. The van der Waals surface area contributed by atoms with E-state index < -0.39 is 0 Å². The highest BCUT2D eigenvalue weighted by Crippen LogP contribution is 2.43. The Morgan fingerprint density at radius 1 is 1.09 bits per heavy atom. The van der Waals surface area contributed by atoms with E-state index in [1.165, 1.54) is 32.7 Å². The van der Waals surface area contributed by atoms with Crippen LogP contribution in [-0.4, -0.2) is 88.4 Å². The number of aromatic nitrogens is 4. The van der Waals surface area contributed by atoms with Crippen molar-refractivity contribution in [1.29, 1.82) is 0 Å². The fourth-order valence-electron chi connectivity index (χ4n) is 5.93. The maximum absolute atomic E-state index is 6.17. The predicted molar refractivity (Wildman–Crippen MR) is 127 cm³/mol. The molecular weight excluding hydrogens is 414 g/mol. The molecule has 7 rings (SSSR count). The Labute approximate surface area is 193 Å². The minimum atomic E-state index is -0.00153. The van der Waals surface area contributed by atoms with Gasteiger partial charge in [-0.25, -0.2) is 9.97 Å². The molecule has 4 aliphatic rings. The van der Waals surface area contributed by atoms with E-state index in [2.05, 4.69) is 61.0 Å². The lowest BCUT2D eigenvalue weighted by Crippen LogP contribution is -2.73. The number of aromatic amines is 1. The van der Waals surface area contributed by atoms with Crippen molar-refractivity contribution in [3.63, 3.8) is 0 Å². The number of nitrogens with zero attached hydrogens (tertiary/aromatic N) is 6. The van der Waals surface area contributed by atoms with Gasteiger partial charge in [0.05, 0.1) is 11.2 Å². The summed E-state index contributed by atoms with van der Waals surface area (Å²) in [7, 11) is 2.21. The number of H-pyrrole nitrogens is 1. The Balaban J connectivity index is 1.04. The molecular formula is C25H31N7O. The van der Waals surface area contributed by atoms with Crippen molar-refractivity contribution in [2.75, 3.05) is 57.8 Å². The van der Waals surface area contributed by atoms with Crippen LogP contribution < -0.4 is 9.64 Å². The first-order valence-corrected chi connectivity index (χ1v) is 12.1. The summed E-state index contributed by atoms with van der Waals surface area (Å²) in [6.45, 7) is 10.6. The topological polar surface area (TPSA) is 73.4 Å². The highest BCUT2D eigenvalue weighted by molar-refractivity contribution is 5.93. The fraction of sp³-hybridized carbons (Fsp3) is 0.560. The molecule has 0 amide bonds. The summed E-state index contributed by atoms with van der Waals surface area (Å²) in [5, 5.41) is 8.76. The lowest BCUT2D eigenvalue weighted by Gasteiger charge is -2.61. The van der Waals surface area contributed by atoms with Gasteiger partial charge >= 0.3 is 0 Å². The zero-order valence-corrected chi connectivity index (χ0v) is 19.4. The summed E-state index contributed by atoms with van der Waals surface area (Å²) < 4.78 is 6.17. The van der Waals surface area contributed by atoms with Crippen LogP contribution in [0.15, 0.2) is 30.6 Å². The van der Waals surface area contributed by atoms with Crippen LogP contribution in [0, 0.1) is 11.3 Å². The molecule has 3 aromatic rings. The van der Waals surface area contributed by atoms with Crippen molar-refractivity contribution < 1.29 is 4.74 Å². The second kappa shape index (κ2) is 6.90. The molecule has 0 radical (unpaired) electrons. The van der Waals surface area contributed by atoms with Crippen LogP contribution >= 0.6 is 0 Å². The molecule has 2 aromatic heterocycles. The van der Waals surface area contributed by atoms with Crippen molar-refractivity contribution in [3.05, 3.63) is 30.6 Å². The summed E-state index contributed by atoms with van der Waals surface area (Å²) in [4.78, 5) is 16.6. The van der Waals surface area contributed by atoms with Crippen LogP contribution in [0.2, 0.25) is 0 Å². The van der Waals surface area contributed by atoms with E-state index in [1.54, 1.807) is 6.33 Å². The van der Waals surface area contributed by atoms with Crippen molar-refractivity contribution >= 4 is 16.7 Å². The van der Waals surface area contributed by atoms with Gasteiger partial charge in [-0.1, -0.05) is 0 Å². The number of fused-ring (bicyclic) bond motifs is 1. The summed E-state index contributed by atoms with van der Waals surface area (Å²) >= 11 is 0. The van der Waals surface area contributed by atoms with Gasteiger partial charge in [-0.2, -0.15) is 5.10 Å². The number of rotatable bonds is 6. The first-order valence-electron chi connectivity index (χ1n) is 12.1. The monoisotopic (exact) mass is 445 g/mol. The first kappa shape index (κ1) is 19.7. The largest absolute Gasteiger partial charge is 0.488 e. The molecule has 1 aromatic carbocycles. The van der Waals surface area contributed by atoms with Gasteiger partial charge in [-0.15, -0.1) is 0 Å². The van der Waals surface area contributed by atoms with Crippen LogP contribution in [0.5, 0.6) is 5.75 Å². The van der Waals surface area contributed by atoms with Crippen LogP contribution in [0.4, 0.5) is 5.82 Å². The van der Waals surface area contributed by atoms with Gasteiger partial charge in [-0.3, -0.25) is 5.10 Å². The minimum Gasteiger partial charge on any atom is -0.488 e. The van der Waals surface area contributed by atoms with Gasteiger partial charge in [0, 0.05) is 62.7 Å². The Morgan fingerprint density at radius 3 is 2.67 bits per heavy atom. The average molecular weight is 446 g/mol. The van der Waals surface area contributed by atoms with E-state index in [0.717, 1.165) is 65.7 Å². The molecule has 33 heavy (non-hydrogen) atoms. The molecule has 172 valence electrons. The Kier molecular flexibility index (Phi) is 4.13. The zero-order valence-electron chi connectivity index (χ0n) is 19.4. The molecule has 1 N–H and O–H groups in total. The van der Waals surface area contributed by atoms with Crippen LogP contribution in [-0.2, 0) is 0 Å². The lowest BCUT2D eigenvalue weighted by atomic mass is 9.72. The van der Waals surface area contributed by atoms with Crippen molar-refractivity contribution in [2.45, 2.75) is 25.4 Å². The predicted octanol–water partition coefficient (Wildman–Crippen LogP) is 2.63. The highest BCUT2D eigenvalue weighted by atomic mass is 16.5. The molecule has 8 heteroatoms. The molecule has 0 unspecified atom stereocenters. The maximum Gasteiger partial charge on any atom is 0.132 e. The number of likely N-dealkylation sites (tertiary alicyclic amines) is 2. The van der Waals surface area contributed by atoms with E-state index in [4.69, 9.17) is 4.74 Å². The molecule has 1 spiro atoms. The van der Waals surface area contributed by atoms with Crippen LogP contribution in [0.3, 0.4) is 0 Å². The van der Waals surface area contributed by atoms with Crippen LogP contribution in [0.25, 0.3) is 22.3 Å². The third-order valence-corrected chi connectivity index (χ3v) is 7.90. The maximum atomic E-state index is 6.17. The number of anilines is 1. The highest BCUT2D eigenvalue weighted by Gasteiger charge is 2.52. The average Bonchev–Trinajstić information content (AvgIpc) is 3.29. The van der Waals surface area contributed by atoms with Gasteiger partial charge in [0.15, 0.2) is 0 Å². The summed E-state index contributed by atoms with van der Waals surface area (Å²) in [6.07, 6.45) is 3.90. The summed E-state index contributed by atoms with van der Waals surface area (Å²) in [6, 6.07) is 8.22. The number of hydrogen-bond acceptors (Lipinski definition) is 7. The summed E-state index contributed by atoms with van der Waals surface area (Å²) in [5.41, 5.74) is 3.17. The standard InChI is InChI=1S/C25H31N7O/c1-24(5-6-24)33-18-3-4-20-19(7-18)23(29-28-20)21-8-22(27-16-26-21)32-14-25(15-32)12-31(13-25)11-17-9-30(2)10-17/h3-4,7-8,16-17H,5-6,9-15H2,1-2H3,(H,28,29). The normalized spacial score (nSPS) is 23.9. The van der Waals surface area contributed by atoms with E-state index in [-0.39, 0.29) is 5.60 Å². The van der Waals surface area contributed by atoms with Crippen molar-refractivity contribution in [2.24, 2.45) is 11.3 Å². The third kappa shape index (κ3) is 3.47. The van der Waals surface area contributed by atoms with Gasteiger partial charge < -0.3 is 19.4 Å². The number of hydrogen-bond donors (Lipinski definition) is 1. The SMILES string of the molecule is CN1CC(CN2CC3(C2)CN(c2cc(-c4n[nH]c5ccc(OC6(C)CC6)cc45)ncn2)C3)C1. The van der Waals surface area contributed by atoms with Crippen LogP contribution in [0.1, 0.15) is 19.8 Å². The number of benzene rings is 1. The molecule has 3 saturated heterocycles. The summed E-state index contributed by atoms with van der Waals surface area (Å²) in [5.74, 6) is 2.76. The molecule has 8 nitrogen and oxygen atoms in total. The zero-order chi connectivity index (χ0) is 22.2. The number of nitrogens with one attached hydrogen (secondary N) is 1.